The van der Waals surface area contributed by atoms with Crippen molar-refractivity contribution in [1.82, 2.24) is 0 Å². The molecule has 0 amide bonds. The highest BCUT2D eigenvalue weighted by Crippen LogP contribution is 2.30. The molecule has 0 radical (unpaired) electrons. The van der Waals surface area contributed by atoms with Crippen LogP contribution in [0, 0.1) is 5.82 Å². The Morgan fingerprint density at radius 3 is 2.50 bits per heavy atom. The lowest BCUT2D eigenvalue weighted by molar-refractivity contribution is 0.630. The van der Waals surface area contributed by atoms with Crippen LogP contribution in [0.15, 0.2) is 42.5 Å². The summed E-state index contributed by atoms with van der Waals surface area (Å²) < 4.78 is 13.7. The first kappa shape index (κ1) is 11.1. The molecule has 3 heteroatoms. The maximum absolute atomic E-state index is 13.7. The number of hydrogen-bond acceptors (Lipinski definition) is 1. The van der Waals surface area contributed by atoms with Crippen molar-refractivity contribution in [2.75, 3.05) is 0 Å². The number of nitrogens with two attached hydrogens (primary N) is 1. The van der Waals surface area contributed by atoms with Crippen molar-refractivity contribution < 1.29 is 4.39 Å². The van der Waals surface area contributed by atoms with E-state index in [1.165, 1.54) is 6.07 Å². The molecule has 2 N–H and O–H groups in total. The minimum absolute atomic E-state index is 0.287. The molecule has 0 atom stereocenters. The Labute approximate surface area is 98.7 Å². The van der Waals surface area contributed by atoms with Crippen LogP contribution in [0.2, 0.25) is 5.02 Å². The second-order valence-corrected chi connectivity index (χ2v) is 3.91. The summed E-state index contributed by atoms with van der Waals surface area (Å²) in [6, 6.07) is 12.0. The van der Waals surface area contributed by atoms with Crippen LogP contribution in [0.25, 0.3) is 11.1 Å². The third-order valence-electron chi connectivity index (χ3n) is 2.43. The number of rotatable bonds is 2. The van der Waals surface area contributed by atoms with Gasteiger partial charge in [0.1, 0.15) is 5.82 Å². The van der Waals surface area contributed by atoms with Crippen LogP contribution in [0.4, 0.5) is 4.39 Å². The summed E-state index contributed by atoms with van der Waals surface area (Å²) in [6.07, 6.45) is 0. The van der Waals surface area contributed by atoms with Gasteiger partial charge in [0.05, 0.1) is 0 Å². The fourth-order valence-electron chi connectivity index (χ4n) is 1.59. The van der Waals surface area contributed by atoms with E-state index in [4.69, 9.17) is 17.3 Å². The van der Waals surface area contributed by atoms with E-state index in [0.717, 1.165) is 5.56 Å². The maximum Gasteiger partial charge on any atom is 0.131 e. The summed E-state index contributed by atoms with van der Waals surface area (Å²) >= 11 is 6.03. The van der Waals surface area contributed by atoms with Crippen molar-refractivity contribution in [3.8, 4) is 11.1 Å². The molecule has 0 spiro atoms. The topological polar surface area (TPSA) is 26.0 Å². The predicted molar refractivity (Wildman–Crippen MR) is 64.7 cm³/mol. The van der Waals surface area contributed by atoms with Gasteiger partial charge in [-0.05, 0) is 23.8 Å². The van der Waals surface area contributed by atoms with Crippen molar-refractivity contribution in [1.29, 1.82) is 0 Å². The molecule has 0 aliphatic carbocycles. The van der Waals surface area contributed by atoms with Crippen molar-refractivity contribution in [3.05, 3.63) is 58.9 Å². The normalized spacial score (nSPS) is 10.4. The standard InChI is InChI=1S/C13H11ClFN/c14-12-4-2-1-3-10(12)11-7-9(8-16)5-6-13(11)15/h1-7H,8,16H2. The molecule has 2 rings (SSSR count). The van der Waals surface area contributed by atoms with Gasteiger partial charge in [-0.1, -0.05) is 35.9 Å². The molecule has 0 saturated heterocycles. The van der Waals surface area contributed by atoms with E-state index in [1.807, 2.05) is 12.1 Å². The van der Waals surface area contributed by atoms with Crippen molar-refractivity contribution in [2.45, 2.75) is 6.54 Å². The minimum Gasteiger partial charge on any atom is -0.326 e. The highest BCUT2D eigenvalue weighted by Gasteiger charge is 2.08. The Morgan fingerprint density at radius 1 is 1.06 bits per heavy atom. The van der Waals surface area contributed by atoms with Gasteiger partial charge in [-0.2, -0.15) is 0 Å². The second-order valence-electron chi connectivity index (χ2n) is 3.50. The van der Waals surface area contributed by atoms with E-state index in [2.05, 4.69) is 0 Å². The van der Waals surface area contributed by atoms with Crippen LogP contribution in [0.5, 0.6) is 0 Å². The highest BCUT2D eigenvalue weighted by molar-refractivity contribution is 6.33. The Kier molecular flexibility index (Phi) is 3.22. The molecular weight excluding hydrogens is 225 g/mol. The molecule has 1 nitrogen and oxygen atoms in total. The average Bonchev–Trinajstić information content (AvgIpc) is 2.31. The maximum atomic E-state index is 13.7. The molecule has 0 aromatic heterocycles. The van der Waals surface area contributed by atoms with Gasteiger partial charge in [0.2, 0.25) is 0 Å². The zero-order valence-corrected chi connectivity index (χ0v) is 9.34. The Morgan fingerprint density at radius 2 is 1.81 bits per heavy atom. The minimum atomic E-state index is -0.287. The molecule has 0 bridgehead atoms. The van der Waals surface area contributed by atoms with E-state index in [1.54, 1.807) is 24.3 Å². The van der Waals surface area contributed by atoms with E-state index in [-0.39, 0.29) is 5.82 Å². The van der Waals surface area contributed by atoms with Crippen molar-refractivity contribution in [2.24, 2.45) is 5.73 Å². The molecule has 2 aromatic carbocycles. The molecule has 0 aliphatic heterocycles. The monoisotopic (exact) mass is 235 g/mol. The molecular formula is C13H11ClFN. The summed E-state index contributed by atoms with van der Waals surface area (Å²) in [5, 5.41) is 0.538. The fraction of sp³-hybridized carbons (Fsp3) is 0.0769. The summed E-state index contributed by atoms with van der Waals surface area (Å²) in [6.45, 7) is 0.387. The van der Waals surface area contributed by atoms with Gasteiger partial charge in [-0.25, -0.2) is 4.39 Å². The van der Waals surface area contributed by atoms with Crippen LogP contribution in [-0.4, -0.2) is 0 Å². The first-order valence-electron chi connectivity index (χ1n) is 4.96. The summed E-state index contributed by atoms with van der Waals surface area (Å²) in [7, 11) is 0. The highest BCUT2D eigenvalue weighted by atomic mass is 35.5. The van der Waals surface area contributed by atoms with Crippen LogP contribution in [-0.2, 0) is 6.54 Å². The smallest absolute Gasteiger partial charge is 0.131 e. The van der Waals surface area contributed by atoms with Gasteiger partial charge in [0.25, 0.3) is 0 Å². The Hall–Kier alpha value is -1.38. The molecule has 0 saturated carbocycles. The molecule has 2 aromatic rings. The van der Waals surface area contributed by atoms with E-state index >= 15 is 0 Å². The van der Waals surface area contributed by atoms with Gasteiger partial charge in [-0.15, -0.1) is 0 Å². The van der Waals surface area contributed by atoms with E-state index in [0.29, 0.717) is 22.7 Å². The first-order chi connectivity index (χ1) is 7.72. The van der Waals surface area contributed by atoms with Crippen LogP contribution in [0.3, 0.4) is 0 Å². The van der Waals surface area contributed by atoms with Gasteiger partial charge in [-0.3, -0.25) is 0 Å². The van der Waals surface area contributed by atoms with Crippen molar-refractivity contribution in [3.63, 3.8) is 0 Å². The first-order valence-corrected chi connectivity index (χ1v) is 5.33. The number of benzene rings is 2. The summed E-state index contributed by atoms with van der Waals surface area (Å²) in [4.78, 5) is 0. The summed E-state index contributed by atoms with van der Waals surface area (Å²) in [5.74, 6) is -0.287. The molecule has 82 valence electrons. The number of hydrogen-bond donors (Lipinski definition) is 1. The van der Waals surface area contributed by atoms with E-state index < -0.39 is 0 Å². The lowest BCUT2D eigenvalue weighted by Crippen LogP contribution is -1.97. The third-order valence-corrected chi connectivity index (χ3v) is 2.76. The van der Waals surface area contributed by atoms with Gasteiger partial charge < -0.3 is 5.73 Å². The number of halogens is 2. The Bertz CT molecular complexity index is 511. The van der Waals surface area contributed by atoms with Gasteiger partial charge in [0, 0.05) is 22.7 Å². The zero-order chi connectivity index (χ0) is 11.5. The average molecular weight is 236 g/mol. The lowest BCUT2D eigenvalue weighted by atomic mass is 10.0. The van der Waals surface area contributed by atoms with E-state index in [9.17, 15) is 4.39 Å². The Balaban J connectivity index is 2.59. The van der Waals surface area contributed by atoms with Crippen molar-refractivity contribution >= 4 is 11.6 Å². The SMILES string of the molecule is NCc1ccc(F)c(-c2ccccc2Cl)c1. The fourth-order valence-corrected chi connectivity index (χ4v) is 1.82. The largest absolute Gasteiger partial charge is 0.326 e. The third kappa shape index (κ3) is 2.08. The van der Waals surface area contributed by atoms with Crippen LogP contribution >= 0.6 is 11.6 Å². The van der Waals surface area contributed by atoms with Crippen LogP contribution in [0.1, 0.15) is 5.56 Å². The summed E-state index contributed by atoms with van der Waals surface area (Å²) in [5.41, 5.74) is 7.60. The molecule has 16 heavy (non-hydrogen) atoms. The van der Waals surface area contributed by atoms with Crippen LogP contribution < -0.4 is 5.73 Å². The molecule has 0 unspecified atom stereocenters. The molecule has 0 fully saturated rings. The quantitative estimate of drug-likeness (QED) is 0.846. The van der Waals surface area contributed by atoms with Gasteiger partial charge in [0.15, 0.2) is 0 Å². The molecule has 0 heterocycles. The molecule has 0 aliphatic rings. The second kappa shape index (κ2) is 4.64. The predicted octanol–water partition coefficient (Wildman–Crippen LogP) is 3.60. The van der Waals surface area contributed by atoms with Gasteiger partial charge >= 0.3 is 0 Å². The lowest BCUT2D eigenvalue weighted by Gasteiger charge is -2.07. The zero-order valence-electron chi connectivity index (χ0n) is 8.58.